The predicted molar refractivity (Wildman–Crippen MR) is 138 cm³/mol. The highest BCUT2D eigenvalue weighted by molar-refractivity contribution is 5.71. The number of pyridine rings is 1. The van der Waals surface area contributed by atoms with E-state index in [4.69, 9.17) is 18.9 Å². The molecule has 0 saturated carbocycles. The number of aromatic nitrogens is 1. The lowest BCUT2D eigenvalue weighted by molar-refractivity contribution is 0.0487. The number of hydrogen-bond donors (Lipinski definition) is 1. The Labute approximate surface area is 208 Å². The lowest BCUT2D eigenvalue weighted by Gasteiger charge is -2.39. The molecule has 7 heteroatoms. The normalized spacial score (nSPS) is 20.3. The van der Waals surface area contributed by atoms with Crippen LogP contribution < -0.4 is 19.5 Å². The number of allylic oxidation sites excluding steroid dienone is 1. The summed E-state index contributed by atoms with van der Waals surface area (Å²) in [6, 6.07) is 6.60. The average Bonchev–Trinajstić information content (AvgIpc) is 2.92. The zero-order chi connectivity index (χ0) is 24.8. The molecule has 188 valence electrons. The van der Waals surface area contributed by atoms with Gasteiger partial charge in [-0.1, -0.05) is 12.2 Å². The van der Waals surface area contributed by atoms with Gasteiger partial charge in [-0.05, 0) is 68.3 Å². The van der Waals surface area contributed by atoms with Crippen LogP contribution in [0.15, 0.2) is 54.5 Å². The first kappa shape index (κ1) is 25.1. The number of hydrogen-bond acceptors (Lipinski definition) is 7. The smallest absolute Gasteiger partial charge is 0.203 e. The standard InChI is InChI=1S/C28H37N3O4/c1-28(35-5)10-6-23(7-11-28)31(24-8-12-29-13-9-24)19-20-14-22(18-30-17-20)21-15-25(32-2)27(34-4)26(16-21)33-3/h6-7,10,14-18,24,29H,8-9,11-13,19H2,1-5H3. The van der Waals surface area contributed by atoms with Crippen molar-refractivity contribution >= 4 is 0 Å². The summed E-state index contributed by atoms with van der Waals surface area (Å²) in [5.74, 6) is 1.84. The monoisotopic (exact) mass is 479 g/mol. The molecule has 1 atom stereocenters. The SMILES string of the molecule is COc1cc(-c2cncc(CN(C3=CCC(C)(OC)C=C3)C3CCNCC3)c2)cc(OC)c1OC. The van der Waals surface area contributed by atoms with Crippen LogP contribution in [0, 0.1) is 0 Å². The van der Waals surface area contributed by atoms with Crippen molar-refractivity contribution in [2.45, 2.75) is 44.4 Å². The second kappa shape index (κ2) is 11.1. The van der Waals surface area contributed by atoms with E-state index in [1.807, 2.05) is 24.5 Å². The minimum Gasteiger partial charge on any atom is -0.493 e. The zero-order valence-electron chi connectivity index (χ0n) is 21.5. The molecule has 2 aliphatic rings. The maximum atomic E-state index is 5.69. The zero-order valence-corrected chi connectivity index (χ0v) is 21.5. The molecule has 35 heavy (non-hydrogen) atoms. The van der Waals surface area contributed by atoms with Crippen LogP contribution in [0.1, 0.15) is 31.7 Å². The largest absolute Gasteiger partial charge is 0.493 e. The van der Waals surface area contributed by atoms with Crippen molar-refractivity contribution in [2.75, 3.05) is 41.5 Å². The number of piperidine rings is 1. The van der Waals surface area contributed by atoms with Gasteiger partial charge in [0.05, 0.1) is 26.9 Å². The molecule has 1 aromatic carbocycles. The van der Waals surface area contributed by atoms with Crippen molar-refractivity contribution in [3.05, 3.63) is 60.1 Å². The van der Waals surface area contributed by atoms with Crippen LogP contribution in [0.4, 0.5) is 0 Å². The van der Waals surface area contributed by atoms with E-state index < -0.39 is 0 Å². The van der Waals surface area contributed by atoms with Crippen molar-refractivity contribution in [1.29, 1.82) is 0 Å². The quantitative estimate of drug-likeness (QED) is 0.565. The lowest BCUT2D eigenvalue weighted by atomic mass is 9.94. The fourth-order valence-corrected chi connectivity index (χ4v) is 4.80. The van der Waals surface area contributed by atoms with Crippen LogP contribution in [-0.4, -0.2) is 63.1 Å². The minimum atomic E-state index is -0.239. The number of nitrogens with one attached hydrogen (secondary N) is 1. The van der Waals surface area contributed by atoms with E-state index in [9.17, 15) is 0 Å². The van der Waals surface area contributed by atoms with Gasteiger partial charge in [0.15, 0.2) is 11.5 Å². The average molecular weight is 480 g/mol. The molecule has 0 spiro atoms. The van der Waals surface area contributed by atoms with E-state index in [1.165, 1.54) is 5.70 Å². The Balaban J connectivity index is 1.64. The summed E-state index contributed by atoms with van der Waals surface area (Å²) < 4.78 is 22.3. The fraction of sp³-hybridized carbons (Fsp3) is 0.464. The molecule has 1 unspecified atom stereocenters. The molecule has 0 radical (unpaired) electrons. The molecular weight excluding hydrogens is 442 g/mol. The van der Waals surface area contributed by atoms with Gasteiger partial charge in [0.25, 0.3) is 0 Å². The first-order valence-electron chi connectivity index (χ1n) is 12.2. The van der Waals surface area contributed by atoms with Crippen LogP contribution in [0.2, 0.25) is 0 Å². The molecular formula is C28H37N3O4. The van der Waals surface area contributed by atoms with Gasteiger partial charge in [-0.3, -0.25) is 4.98 Å². The molecule has 1 aliphatic carbocycles. The lowest BCUT2D eigenvalue weighted by Crippen LogP contribution is -2.42. The molecule has 1 aromatic heterocycles. The van der Waals surface area contributed by atoms with Gasteiger partial charge in [-0.15, -0.1) is 0 Å². The van der Waals surface area contributed by atoms with Crippen molar-refractivity contribution in [3.8, 4) is 28.4 Å². The van der Waals surface area contributed by atoms with Crippen LogP contribution >= 0.6 is 0 Å². The van der Waals surface area contributed by atoms with Crippen LogP contribution in [0.5, 0.6) is 17.2 Å². The molecule has 1 N–H and O–H groups in total. The van der Waals surface area contributed by atoms with Crippen molar-refractivity contribution in [1.82, 2.24) is 15.2 Å². The van der Waals surface area contributed by atoms with E-state index in [2.05, 4.69) is 46.4 Å². The number of ether oxygens (including phenoxy) is 4. The number of nitrogens with zero attached hydrogens (tertiary/aromatic N) is 2. The van der Waals surface area contributed by atoms with E-state index in [1.54, 1.807) is 28.4 Å². The summed E-state index contributed by atoms with van der Waals surface area (Å²) in [7, 11) is 6.65. The maximum absolute atomic E-state index is 5.69. The van der Waals surface area contributed by atoms with Crippen LogP contribution in [-0.2, 0) is 11.3 Å². The first-order chi connectivity index (χ1) is 17.0. The van der Waals surface area contributed by atoms with Gasteiger partial charge >= 0.3 is 0 Å². The first-order valence-corrected chi connectivity index (χ1v) is 12.2. The second-order valence-electron chi connectivity index (χ2n) is 9.29. The molecule has 4 rings (SSSR count). The van der Waals surface area contributed by atoms with Crippen molar-refractivity contribution < 1.29 is 18.9 Å². The summed E-state index contributed by atoms with van der Waals surface area (Å²) in [6.45, 7) is 4.99. The predicted octanol–water partition coefficient (Wildman–Crippen LogP) is 4.58. The molecule has 7 nitrogen and oxygen atoms in total. The Morgan fingerprint density at radius 1 is 0.971 bits per heavy atom. The van der Waals surface area contributed by atoms with Crippen LogP contribution in [0.3, 0.4) is 0 Å². The Morgan fingerprint density at radius 3 is 2.26 bits per heavy atom. The Hall–Kier alpha value is -3.03. The minimum absolute atomic E-state index is 0.239. The Bertz CT molecular complexity index is 1050. The molecule has 1 aliphatic heterocycles. The van der Waals surface area contributed by atoms with E-state index in [0.29, 0.717) is 23.3 Å². The fourth-order valence-electron chi connectivity index (χ4n) is 4.80. The van der Waals surface area contributed by atoms with Gasteiger partial charge in [0.2, 0.25) is 5.75 Å². The Kier molecular flexibility index (Phi) is 7.98. The highest BCUT2D eigenvalue weighted by Crippen LogP contribution is 2.41. The third kappa shape index (κ3) is 5.63. The highest BCUT2D eigenvalue weighted by atomic mass is 16.5. The van der Waals surface area contributed by atoms with Gasteiger partial charge in [0, 0.05) is 49.8 Å². The number of rotatable bonds is 9. The highest BCUT2D eigenvalue weighted by Gasteiger charge is 2.27. The third-order valence-electron chi connectivity index (χ3n) is 7.02. The third-order valence-corrected chi connectivity index (χ3v) is 7.02. The number of benzene rings is 1. The summed E-state index contributed by atoms with van der Waals surface area (Å²) in [5.41, 5.74) is 4.15. The molecule has 0 bridgehead atoms. The van der Waals surface area contributed by atoms with E-state index in [0.717, 1.165) is 55.6 Å². The van der Waals surface area contributed by atoms with Gasteiger partial charge in [0.1, 0.15) is 0 Å². The van der Waals surface area contributed by atoms with Crippen molar-refractivity contribution in [3.63, 3.8) is 0 Å². The van der Waals surface area contributed by atoms with Crippen LogP contribution in [0.25, 0.3) is 11.1 Å². The molecule has 1 fully saturated rings. The van der Waals surface area contributed by atoms with Crippen molar-refractivity contribution in [2.24, 2.45) is 0 Å². The summed E-state index contributed by atoms with van der Waals surface area (Å²) in [6.07, 6.45) is 13.6. The van der Waals surface area contributed by atoms with Gasteiger partial charge in [-0.25, -0.2) is 0 Å². The summed E-state index contributed by atoms with van der Waals surface area (Å²) >= 11 is 0. The van der Waals surface area contributed by atoms with Gasteiger partial charge < -0.3 is 29.2 Å². The summed E-state index contributed by atoms with van der Waals surface area (Å²) in [4.78, 5) is 7.12. The Morgan fingerprint density at radius 2 is 1.69 bits per heavy atom. The van der Waals surface area contributed by atoms with Gasteiger partial charge in [-0.2, -0.15) is 0 Å². The second-order valence-corrected chi connectivity index (χ2v) is 9.29. The van der Waals surface area contributed by atoms with E-state index >= 15 is 0 Å². The molecule has 2 heterocycles. The number of methoxy groups -OCH3 is 4. The summed E-state index contributed by atoms with van der Waals surface area (Å²) in [5, 5.41) is 3.49. The molecule has 1 saturated heterocycles. The topological polar surface area (TPSA) is 65.1 Å². The molecule has 0 amide bonds. The maximum Gasteiger partial charge on any atom is 0.203 e. The molecule has 2 aromatic rings. The van der Waals surface area contributed by atoms with E-state index in [-0.39, 0.29) is 5.60 Å².